The van der Waals surface area contributed by atoms with Gasteiger partial charge in [0.25, 0.3) is 5.56 Å². The molecule has 4 heteroatoms. The van der Waals surface area contributed by atoms with E-state index in [1.807, 2.05) is 32.1 Å². The van der Waals surface area contributed by atoms with E-state index < -0.39 is 6.10 Å². The predicted molar refractivity (Wildman–Crippen MR) is 82.9 cm³/mol. The number of hydrogen-bond donors (Lipinski definition) is 0. The van der Waals surface area contributed by atoms with Gasteiger partial charge in [0.1, 0.15) is 17.4 Å². The molecule has 1 aliphatic heterocycles. The van der Waals surface area contributed by atoms with Crippen LogP contribution in [0.5, 0.6) is 5.75 Å². The largest absolute Gasteiger partial charge is 0.484 e. The molecule has 2 heterocycles. The maximum atomic E-state index is 12.3. The van der Waals surface area contributed by atoms with Crippen LogP contribution in [0.15, 0.2) is 47.3 Å². The lowest BCUT2D eigenvalue weighted by Gasteiger charge is -2.26. The topological polar surface area (TPSA) is 48.3 Å². The van der Waals surface area contributed by atoms with E-state index in [1.165, 1.54) is 4.57 Å². The van der Waals surface area contributed by atoms with Gasteiger partial charge in [0.15, 0.2) is 5.78 Å². The Kier molecular flexibility index (Phi) is 4.26. The number of aromatic nitrogens is 1. The number of pyridine rings is 1. The second-order valence-corrected chi connectivity index (χ2v) is 5.02. The standard InChI is InChI=1S/C17H19NO3/c1-5-7-8-12(6-2)14-10-13(19)16-15(21-14)9-11(3)18(4)17(16)20/h5-9,14H,2,10H2,1,3-4H3/b7-5-,12-8+. The third-order valence-corrected chi connectivity index (χ3v) is 3.64. The average molecular weight is 285 g/mol. The van der Waals surface area contributed by atoms with Gasteiger partial charge >= 0.3 is 0 Å². The Morgan fingerprint density at radius 2 is 2.19 bits per heavy atom. The number of nitrogens with zero attached hydrogens (tertiary/aromatic N) is 1. The summed E-state index contributed by atoms with van der Waals surface area (Å²) in [5, 5.41) is 0. The monoisotopic (exact) mass is 285 g/mol. The third kappa shape index (κ3) is 2.75. The Bertz CT molecular complexity index is 707. The van der Waals surface area contributed by atoms with Gasteiger partial charge in [0.2, 0.25) is 0 Å². The molecule has 1 aliphatic rings. The zero-order chi connectivity index (χ0) is 15.6. The highest BCUT2D eigenvalue weighted by Crippen LogP contribution is 2.29. The molecule has 0 aliphatic carbocycles. The summed E-state index contributed by atoms with van der Waals surface area (Å²) >= 11 is 0. The molecule has 1 aromatic heterocycles. The first-order valence-electron chi connectivity index (χ1n) is 6.85. The molecule has 0 saturated heterocycles. The lowest BCUT2D eigenvalue weighted by Crippen LogP contribution is -2.35. The van der Waals surface area contributed by atoms with Gasteiger partial charge in [0, 0.05) is 18.8 Å². The van der Waals surface area contributed by atoms with E-state index in [0.717, 1.165) is 11.3 Å². The summed E-state index contributed by atoms with van der Waals surface area (Å²) < 4.78 is 7.32. The average Bonchev–Trinajstić information content (AvgIpc) is 2.45. The van der Waals surface area contributed by atoms with Crippen LogP contribution in [0.1, 0.15) is 29.4 Å². The molecule has 4 nitrogen and oxygen atoms in total. The molecule has 1 unspecified atom stereocenters. The molecule has 0 radical (unpaired) electrons. The van der Waals surface area contributed by atoms with E-state index >= 15 is 0 Å². The second-order valence-electron chi connectivity index (χ2n) is 5.02. The van der Waals surface area contributed by atoms with Crippen LogP contribution in [0.4, 0.5) is 0 Å². The van der Waals surface area contributed by atoms with Crippen molar-refractivity contribution in [3.63, 3.8) is 0 Å². The van der Waals surface area contributed by atoms with Crippen molar-refractivity contribution < 1.29 is 9.53 Å². The van der Waals surface area contributed by atoms with Crippen LogP contribution in [-0.4, -0.2) is 16.5 Å². The minimum Gasteiger partial charge on any atom is -0.484 e. The number of ether oxygens (including phenoxy) is 1. The molecule has 0 bridgehead atoms. The van der Waals surface area contributed by atoms with Crippen LogP contribution >= 0.6 is 0 Å². The summed E-state index contributed by atoms with van der Waals surface area (Å²) in [5.74, 6) is 0.181. The van der Waals surface area contributed by atoms with Crippen molar-refractivity contribution in [2.75, 3.05) is 0 Å². The molecular weight excluding hydrogens is 266 g/mol. The minimum atomic E-state index is -0.398. The Morgan fingerprint density at radius 1 is 1.48 bits per heavy atom. The maximum absolute atomic E-state index is 12.3. The number of aryl methyl sites for hydroxylation is 1. The van der Waals surface area contributed by atoms with Gasteiger partial charge in [-0.2, -0.15) is 0 Å². The van der Waals surface area contributed by atoms with E-state index in [9.17, 15) is 9.59 Å². The van der Waals surface area contributed by atoms with Crippen molar-refractivity contribution in [2.45, 2.75) is 26.4 Å². The Hall–Kier alpha value is -2.36. The predicted octanol–water partition coefficient (Wildman–Crippen LogP) is 2.72. The number of carbonyl (C=O) groups excluding carboxylic acids is 1. The van der Waals surface area contributed by atoms with Gasteiger partial charge in [-0.05, 0) is 19.4 Å². The van der Waals surface area contributed by atoms with Crippen molar-refractivity contribution >= 4 is 5.78 Å². The number of fused-ring (bicyclic) bond motifs is 1. The fourth-order valence-electron chi connectivity index (χ4n) is 2.31. The number of carbonyl (C=O) groups is 1. The number of rotatable bonds is 3. The van der Waals surface area contributed by atoms with Crippen LogP contribution in [0, 0.1) is 6.92 Å². The summed E-state index contributed by atoms with van der Waals surface area (Å²) in [4.78, 5) is 24.5. The molecule has 1 atom stereocenters. The van der Waals surface area contributed by atoms with Gasteiger partial charge in [-0.3, -0.25) is 9.59 Å². The summed E-state index contributed by atoms with van der Waals surface area (Å²) in [6.07, 6.45) is 7.06. The van der Waals surface area contributed by atoms with E-state index in [0.29, 0.717) is 5.75 Å². The van der Waals surface area contributed by atoms with Crippen LogP contribution in [0.2, 0.25) is 0 Å². The molecular formula is C17H19NO3. The van der Waals surface area contributed by atoms with E-state index in [4.69, 9.17) is 4.74 Å². The second kappa shape index (κ2) is 5.95. The Balaban J connectivity index is 2.48. The minimum absolute atomic E-state index is 0.147. The Morgan fingerprint density at radius 3 is 2.81 bits per heavy atom. The summed E-state index contributed by atoms with van der Waals surface area (Å²) in [7, 11) is 1.65. The van der Waals surface area contributed by atoms with Gasteiger partial charge in [-0.15, -0.1) is 0 Å². The molecule has 0 N–H and O–H groups in total. The molecule has 0 spiro atoms. The van der Waals surface area contributed by atoms with Crippen LogP contribution in [0.25, 0.3) is 0 Å². The number of ketones is 1. The third-order valence-electron chi connectivity index (χ3n) is 3.64. The summed E-state index contributed by atoms with van der Waals surface area (Å²) in [6.45, 7) is 7.48. The maximum Gasteiger partial charge on any atom is 0.265 e. The summed E-state index contributed by atoms with van der Waals surface area (Å²) in [5.41, 5.74) is 1.43. The van der Waals surface area contributed by atoms with Crippen molar-refractivity contribution in [1.29, 1.82) is 0 Å². The number of hydrogen-bond acceptors (Lipinski definition) is 3. The molecule has 0 amide bonds. The van der Waals surface area contributed by atoms with Crippen molar-refractivity contribution in [3.8, 4) is 5.75 Å². The fraction of sp³-hybridized carbons (Fsp3) is 0.294. The fourth-order valence-corrected chi connectivity index (χ4v) is 2.31. The quantitative estimate of drug-likeness (QED) is 0.802. The first kappa shape index (κ1) is 15.0. The molecule has 1 aromatic rings. The van der Waals surface area contributed by atoms with Gasteiger partial charge in [0.05, 0.1) is 6.42 Å². The van der Waals surface area contributed by atoms with Gasteiger partial charge in [-0.25, -0.2) is 0 Å². The zero-order valence-electron chi connectivity index (χ0n) is 12.6. The molecule has 110 valence electrons. The van der Waals surface area contributed by atoms with Crippen molar-refractivity contribution in [1.82, 2.24) is 4.57 Å². The van der Waals surface area contributed by atoms with E-state index in [-0.39, 0.29) is 23.3 Å². The molecule has 0 aromatic carbocycles. The SMILES string of the molecule is C=C/C(=C\C=C/C)C1CC(=O)c2c(cc(C)n(C)c2=O)O1. The number of allylic oxidation sites excluding steroid dienone is 3. The summed E-state index contributed by atoms with van der Waals surface area (Å²) in [6, 6.07) is 1.73. The zero-order valence-corrected chi connectivity index (χ0v) is 12.6. The molecule has 0 fully saturated rings. The van der Waals surface area contributed by atoms with Gasteiger partial charge < -0.3 is 9.30 Å². The normalized spacial score (nSPS) is 18.5. The van der Waals surface area contributed by atoms with Crippen molar-refractivity contribution in [3.05, 3.63) is 64.1 Å². The first-order chi connectivity index (χ1) is 9.99. The smallest absolute Gasteiger partial charge is 0.265 e. The lowest BCUT2D eigenvalue weighted by atomic mass is 9.96. The Labute approximate surface area is 124 Å². The van der Waals surface area contributed by atoms with Crippen LogP contribution < -0.4 is 10.3 Å². The van der Waals surface area contributed by atoms with Gasteiger partial charge in [-0.1, -0.05) is 30.9 Å². The van der Waals surface area contributed by atoms with E-state index in [1.54, 1.807) is 19.2 Å². The highest BCUT2D eigenvalue weighted by atomic mass is 16.5. The molecule has 2 rings (SSSR count). The lowest BCUT2D eigenvalue weighted by molar-refractivity contribution is 0.0883. The van der Waals surface area contributed by atoms with Crippen LogP contribution in [0.3, 0.4) is 0 Å². The highest BCUT2D eigenvalue weighted by Gasteiger charge is 2.31. The number of Topliss-reactive ketones (excluding diaryl/α,β-unsaturated/α-hetero) is 1. The molecule has 0 saturated carbocycles. The molecule has 21 heavy (non-hydrogen) atoms. The van der Waals surface area contributed by atoms with Crippen LogP contribution in [-0.2, 0) is 7.05 Å². The first-order valence-corrected chi connectivity index (χ1v) is 6.85. The highest BCUT2D eigenvalue weighted by molar-refractivity contribution is 6.00. The van der Waals surface area contributed by atoms with E-state index in [2.05, 4.69) is 6.58 Å². The van der Waals surface area contributed by atoms with Crippen molar-refractivity contribution in [2.24, 2.45) is 7.05 Å².